The zero-order chi connectivity index (χ0) is 19.2. The molecule has 1 aromatic heterocycles. The lowest BCUT2D eigenvalue weighted by Crippen LogP contribution is -2.26. The van der Waals surface area contributed by atoms with E-state index in [9.17, 15) is 4.79 Å². The molecule has 27 heavy (non-hydrogen) atoms. The number of nitrogen functional groups attached to an aromatic ring is 1. The van der Waals surface area contributed by atoms with Gasteiger partial charge in [0.15, 0.2) is 5.82 Å². The molecule has 1 aromatic carbocycles. The Morgan fingerprint density at radius 1 is 1.26 bits per heavy atom. The number of likely N-dealkylation sites (tertiary alicyclic amines) is 1. The summed E-state index contributed by atoms with van der Waals surface area (Å²) in [7, 11) is 0. The molecule has 1 aliphatic rings. The van der Waals surface area contributed by atoms with Crippen LogP contribution in [0.1, 0.15) is 50.4 Å². The molecule has 0 radical (unpaired) electrons. The van der Waals surface area contributed by atoms with Crippen LogP contribution in [-0.4, -0.2) is 44.5 Å². The van der Waals surface area contributed by atoms with Crippen LogP contribution in [-0.2, 0) is 11.4 Å². The van der Waals surface area contributed by atoms with Gasteiger partial charge in [-0.25, -0.2) is 4.68 Å². The highest BCUT2D eigenvalue weighted by atomic mass is 32.2. The topological polar surface area (TPSA) is 86.3 Å². The Balaban J connectivity index is 1.44. The highest BCUT2D eigenvalue weighted by molar-refractivity contribution is 7.99. The van der Waals surface area contributed by atoms with Gasteiger partial charge in [0, 0.05) is 25.3 Å². The Morgan fingerprint density at radius 2 is 2.04 bits per heavy atom. The first-order valence-corrected chi connectivity index (χ1v) is 10.4. The van der Waals surface area contributed by atoms with E-state index in [1.807, 2.05) is 17.0 Å². The van der Waals surface area contributed by atoms with Crippen molar-refractivity contribution in [1.29, 1.82) is 0 Å². The standard InChI is InChI=1S/C19H27N5O2S/c1-14(2)15-6-8-16(9-7-15)26-13-17-21-22-19(24(17)20)27-12-4-11-23-10-3-5-18(23)25/h6-9,14H,3-5,10-13,20H2,1-2H3. The first-order chi connectivity index (χ1) is 13.0. The molecular formula is C19H27N5O2S. The van der Waals surface area contributed by atoms with Gasteiger partial charge in [-0.05, 0) is 36.5 Å². The fourth-order valence-electron chi connectivity index (χ4n) is 2.96. The first kappa shape index (κ1) is 19.5. The van der Waals surface area contributed by atoms with Gasteiger partial charge in [0.05, 0.1) is 0 Å². The Morgan fingerprint density at radius 3 is 2.70 bits per heavy atom. The molecule has 0 bridgehead atoms. The van der Waals surface area contributed by atoms with Gasteiger partial charge >= 0.3 is 0 Å². The number of nitrogens with zero attached hydrogens (tertiary/aromatic N) is 4. The minimum Gasteiger partial charge on any atom is -0.486 e. The number of ether oxygens (including phenoxy) is 1. The zero-order valence-corrected chi connectivity index (χ0v) is 16.7. The predicted octanol–water partition coefficient (Wildman–Crippen LogP) is 2.80. The molecule has 0 aliphatic carbocycles. The van der Waals surface area contributed by atoms with Crippen molar-refractivity contribution in [2.75, 3.05) is 24.7 Å². The smallest absolute Gasteiger partial charge is 0.222 e. The summed E-state index contributed by atoms with van der Waals surface area (Å²) in [5.74, 6) is 9.06. The molecule has 0 spiro atoms. The van der Waals surface area contributed by atoms with Gasteiger partial charge in [-0.15, -0.1) is 10.2 Å². The van der Waals surface area contributed by atoms with Gasteiger partial charge in [0.1, 0.15) is 12.4 Å². The fraction of sp³-hybridized carbons (Fsp3) is 0.526. The van der Waals surface area contributed by atoms with E-state index in [2.05, 4.69) is 36.2 Å². The number of amides is 1. The highest BCUT2D eigenvalue weighted by Gasteiger charge is 2.19. The molecule has 1 saturated heterocycles. The quantitative estimate of drug-likeness (QED) is 0.403. The maximum absolute atomic E-state index is 11.6. The van der Waals surface area contributed by atoms with Crippen LogP contribution in [0.15, 0.2) is 29.4 Å². The fourth-order valence-corrected chi connectivity index (χ4v) is 3.76. The third-order valence-corrected chi connectivity index (χ3v) is 5.65. The monoisotopic (exact) mass is 389 g/mol. The van der Waals surface area contributed by atoms with Gasteiger partial charge in [0.25, 0.3) is 0 Å². The summed E-state index contributed by atoms with van der Waals surface area (Å²) in [6.07, 6.45) is 2.58. The molecule has 2 N–H and O–H groups in total. The SMILES string of the molecule is CC(C)c1ccc(OCc2nnc(SCCCN3CCCC3=O)n2N)cc1. The van der Waals surface area contributed by atoms with Crippen LogP contribution in [0.2, 0.25) is 0 Å². The van der Waals surface area contributed by atoms with E-state index < -0.39 is 0 Å². The van der Waals surface area contributed by atoms with E-state index in [4.69, 9.17) is 10.6 Å². The number of aromatic nitrogens is 3. The average molecular weight is 390 g/mol. The molecule has 0 atom stereocenters. The summed E-state index contributed by atoms with van der Waals surface area (Å²) < 4.78 is 7.25. The third kappa shape index (κ3) is 5.15. The van der Waals surface area contributed by atoms with E-state index in [-0.39, 0.29) is 12.5 Å². The van der Waals surface area contributed by atoms with Gasteiger partial charge in [0.2, 0.25) is 11.1 Å². The summed E-state index contributed by atoms with van der Waals surface area (Å²) in [4.78, 5) is 13.5. The van der Waals surface area contributed by atoms with Crippen LogP contribution in [0.5, 0.6) is 5.75 Å². The summed E-state index contributed by atoms with van der Waals surface area (Å²) in [6, 6.07) is 8.06. The molecule has 8 heteroatoms. The van der Waals surface area contributed by atoms with Crippen molar-refractivity contribution in [2.45, 2.75) is 50.8 Å². The minimum atomic E-state index is 0.267. The summed E-state index contributed by atoms with van der Waals surface area (Å²) >= 11 is 1.55. The number of carbonyl (C=O) groups excluding carboxylic acids is 1. The number of hydrogen-bond acceptors (Lipinski definition) is 6. The second-order valence-corrected chi connectivity index (χ2v) is 8.03. The Bertz CT molecular complexity index is 760. The maximum Gasteiger partial charge on any atom is 0.222 e. The third-order valence-electron chi connectivity index (χ3n) is 4.62. The van der Waals surface area contributed by atoms with Crippen molar-refractivity contribution in [1.82, 2.24) is 19.8 Å². The first-order valence-electron chi connectivity index (χ1n) is 9.37. The van der Waals surface area contributed by atoms with Crippen LogP contribution in [0.25, 0.3) is 0 Å². The van der Waals surface area contributed by atoms with Gasteiger partial charge in [-0.1, -0.05) is 37.7 Å². The lowest BCUT2D eigenvalue weighted by Gasteiger charge is -2.14. The summed E-state index contributed by atoms with van der Waals surface area (Å²) in [5, 5.41) is 8.93. The van der Waals surface area contributed by atoms with Crippen LogP contribution in [0, 0.1) is 0 Å². The predicted molar refractivity (Wildman–Crippen MR) is 106 cm³/mol. The average Bonchev–Trinajstić information content (AvgIpc) is 3.23. The van der Waals surface area contributed by atoms with Crippen molar-refractivity contribution in [2.24, 2.45) is 0 Å². The zero-order valence-electron chi connectivity index (χ0n) is 15.9. The number of rotatable bonds is 9. The van der Waals surface area contributed by atoms with Crippen LogP contribution >= 0.6 is 11.8 Å². The second-order valence-electron chi connectivity index (χ2n) is 6.97. The van der Waals surface area contributed by atoms with E-state index in [0.29, 0.717) is 23.3 Å². The van der Waals surface area contributed by atoms with Crippen molar-refractivity contribution in [3.05, 3.63) is 35.7 Å². The number of thioether (sulfide) groups is 1. The van der Waals surface area contributed by atoms with Gasteiger partial charge in [-0.2, -0.15) is 0 Å². The van der Waals surface area contributed by atoms with E-state index in [0.717, 1.165) is 37.4 Å². The maximum atomic E-state index is 11.6. The van der Waals surface area contributed by atoms with Gasteiger partial charge < -0.3 is 15.5 Å². The lowest BCUT2D eigenvalue weighted by molar-refractivity contribution is -0.127. The number of hydrogen-bond donors (Lipinski definition) is 1. The van der Waals surface area contributed by atoms with Gasteiger partial charge in [-0.3, -0.25) is 4.79 Å². The van der Waals surface area contributed by atoms with Crippen LogP contribution < -0.4 is 10.6 Å². The van der Waals surface area contributed by atoms with Crippen molar-refractivity contribution < 1.29 is 9.53 Å². The molecule has 1 aliphatic heterocycles. The number of carbonyl (C=O) groups is 1. The molecule has 1 fully saturated rings. The largest absolute Gasteiger partial charge is 0.486 e. The number of nitrogens with two attached hydrogens (primary N) is 1. The Labute approximate surface area is 164 Å². The molecule has 7 nitrogen and oxygen atoms in total. The van der Waals surface area contributed by atoms with E-state index in [1.165, 1.54) is 10.2 Å². The van der Waals surface area contributed by atoms with E-state index in [1.54, 1.807) is 11.8 Å². The molecular weight excluding hydrogens is 362 g/mol. The molecule has 146 valence electrons. The molecule has 2 heterocycles. The Kier molecular flexibility index (Phi) is 6.60. The van der Waals surface area contributed by atoms with Crippen molar-refractivity contribution >= 4 is 17.7 Å². The second kappa shape index (κ2) is 9.12. The molecule has 0 unspecified atom stereocenters. The molecule has 3 rings (SSSR count). The summed E-state index contributed by atoms with van der Waals surface area (Å²) in [5.41, 5.74) is 1.28. The normalized spacial score (nSPS) is 14.3. The Hall–Kier alpha value is -2.22. The minimum absolute atomic E-state index is 0.267. The van der Waals surface area contributed by atoms with E-state index >= 15 is 0 Å². The lowest BCUT2D eigenvalue weighted by atomic mass is 10.0. The number of benzene rings is 1. The molecule has 1 amide bonds. The van der Waals surface area contributed by atoms with Crippen molar-refractivity contribution in [3.63, 3.8) is 0 Å². The molecule has 0 saturated carbocycles. The van der Waals surface area contributed by atoms with Crippen LogP contribution in [0.3, 0.4) is 0 Å². The highest BCUT2D eigenvalue weighted by Crippen LogP contribution is 2.20. The molecule has 2 aromatic rings. The van der Waals surface area contributed by atoms with Crippen LogP contribution in [0.4, 0.5) is 0 Å². The van der Waals surface area contributed by atoms with Crippen molar-refractivity contribution in [3.8, 4) is 5.75 Å². The summed E-state index contributed by atoms with van der Waals surface area (Å²) in [6.45, 7) is 6.28.